The van der Waals surface area contributed by atoms with Gasteiger partial charge in [0.2, 0.25) is 0 Å². The van der Waals surface area contributed by atoms with Gasteiger partial charge < -0.3 is 15.7 Å². The molecule has 0 fully saturated rings. The average Bonchev–Trinajstić information content (AvgIpc) is 1.87. The summed E-state index contributed by atoms with van der Waals surface area (Å²) in [6, 6.07) is -0.759. The van der Waals surface area contributed by atoms with Crippen molar-refractivity contribution in [3.63, 3.8) is 0 Å². The Morgan fingerprint density at radius 1 is 1.80 bits per heavy atom. The maximum atomic E-state index is 10.2. The van der Waals surface area contributed by atoms with Crippen LogP contribution in [-0.2, 0) is 4.79 Å². The van der Waals surface area contributed by atoms with Crippen molar-refractivity contribution in [3.8, 4) is 0 Å². The Balaban J connectivity index is 3.56. The Kier molecular flexibility index (Phi) is 3.99. The molecule has 0 aliphatic carbocycles. The molecule has 0 aromatic carbocycles. The van der Waals surface area contributed by atoms with Crippen molar-refractivity contribution >= 4 is 5.97 Å². The summed E-state index contributed by atoms with van der Waals surface area (Å²) in [5.74, 6) is -0.944. The van der Waals surface area contributed by atoms with Gasteiger partial charge in [-0.3, -0.25) is 4.79 Å². The summed E-state index contributed by atoms with van der Waals surface area (Å²) in [6.45, 7) is 3.18. The monoisotopic (exact) mass is 146 g/mol. The van der Waals surface area contributed by atoms with Gasteiger partial charge in [0.15, 0.2) is 0 Å². The summed E-state index contributed by atoms with van der Waals surface area (Å²) in [5, 5.41) is 8.37. The lowest BCUT2D eigenvalue weighted by atomic mass is 10.3. The summed E-state index contributed by atoms with van der Waals surface area (Å²) < 4.78 is 0. The second-order valence-corrected chi connectivity index (χ2v) is 2.30. The van der Waals surface area contributed by atoms with Crippen molar-refractivity contribution in [1.29, 1.82) is 0 Å². The topological polar surface area (TPSA) is 66.6 Å². The first kappa shape index (κ1) is 9.39. The molecule has 0 spiro atoms. The first-order valence-corrected chi connectivity index (χ1v) is 3.24. The molecule has 4 heteroatoms. The van der Waals surface area contributed by atoms with Gasteiger partial charge in [0.1, 0.15) is 6.04 Å². The van der Waals surface area contributed by atoms with Gasteiger partial charge in [0.25, 0.3) is 0 Å². The third-order valence-corrected chi connectivity index (χ3v) is 1.37. The maximum Gasteiger partial charge on any atom is 0.321 e. The standard InChI is InChI=1S/C6H14N2O2/c1-3-8(2)4-5(7)6(9)10/h5H,3-4,7H2,1-2H3,(H,9,10)/t5-/m0/s1. The van der Waals surface area contributed by atoms with E-state index in [1.165, 1.54) is 0 Å². The van der Waals surface area contributed by atoms with Gasteiger partial charge >= 0.3 is 5.97 Å². The molecule has 0 saturated heterocycles. The fourth-order valence-corrected chi connectivity index (χ4v) is 0.543. The van der Waals surface area contributed by atoms with E-state index in [1.54, 1.807) is 0 Å². The van der Waals surface area contributed by atoms with E-state index in [0.29, 0.717) is 6.54 Å². The van der Waals surface area contributed by atoms with Crippen molar-refractivity contribution in [2.45, 2.75) is 13.0 Å². The molecule has 10 heavy (non-hydrogen) atoms. The molecule has 0 aromatic heterocycles. The van der Waals surface area contributed by atoms with E-state index in [-0.39, 0.29) is 0 Å². The highest BCUT2D eigenvalue weighted by atomic mass is 16.4. The minimum Gasteiger partial charge on any atom is -0.480 e. The van der Waals surface area contributed by atoms with E-state index in [4.69, 9.17) is 10.8 Å². The summed E-state index contributed by atoms with van der Waals surface area (Å²) >= 11 is 0. The maximum absolute atomic E-state index is 10.2. The number of nitrogens with zero attached hydrogens (tertiary/aromatic N) is 1. The lowest BCUT2D eigenvalue weighted by Crippen LogP contribution is -2.41. The largest absolute Gasteiger partial charge is 0.480 e. The van der Waals surface area contributed by atoms with Crippen LogP contribution in [0.4, 0.5) is 0 Å². The Labute approximate surface area is 60.6 Å². The summed E-state index contributed by atoms with van der Waals surface area (Å²) in [4.78, 5) is 12.1. The quantitative estimate of drug-likeness (QED) is 0.553. The van der Waals surface area contributed by atoms with Gasteiger partial charge in [-0.1, -0.05) is 6.92 Å². The van der Waals surface area contributed by atoms with Crippen molar-refractivity contribution < 1.29 is 9.90 Å². The summed E-state index contributed by atoms with van der Waals surface area (Å²) in [6.07, 6.45) is 0. The molecule has 4 nitrogen and oxygen atoms in total. The van der Waals surface area contributed by atoms with Crippen LogP contribution in [0, 0.1) is 0 Å². The van der Waals surface area contributed by atoms with Gasteiger partial charge in [0.05, 0.1) is 0 Å². The molecule has 0 heterocycles. The minimum absolute atomic E-state index is 0.409. The summed E-state index contributed by atoms with van der Waals surface area (Å²) in [5.41, 5.74) is 5.25. The first-order valence-electron chi connectivity index (χ1n) is 3.24. The number of hydrogen-bond acceptors (Lipinski definition) is 3. The van der Waals surface area contributed by atoms with Crippen molar-refractivity contribution in [2.24, 2.45) is 5.73 Å². The van der Waals surface area contributed by atoms with Gasteiger partial charge in [-0.15, -0.1) is 0 Å². The predicted molar refractivity (Wildman–Crippen MR) is 38.8 cm³/mol. The van der Waals surface area contributed by atoms with Crippen LogP contribution in [0.15, 0.2) is 0 Å². The van der Waals surface area contributed by atoms with E-state index in [2.05, 4.69) is 0 Å². The molecule has 0 amide bonds. The smallest absolute Gasteiger partial charge is 0.321 e. The van der Waals surface area contributed by atoms with E-state index in [9.17, 15) is 4.79 Å². The number of likely N-dealkylation sites (N-methyl/N-ethyl adjacent to an activating group) is 1. The first-order chi connectivity index (χ1) is 4.57. The molecular formula is C6H14N2O2. The second-order valence-electron chi connectivity index (χ2n) is 2.30. The normalized spacial score (nSPS) is 13.6. The highest BCUT2D eigenvalue weighted by Gasteiger charge is 2.12. The summed E-state index contributed by atoms with van der Waals surface area (Å²) in [7, 11) is 1.84. The molecule has 0 unspecified atom stereocenters. The van der Waals surface area contributed by atoms with Gasteiger partial charge in [-0.25, -0.2) is 0 Å². The molecule has 0 bridgehead atoms. The molecule has 0 aromatic rings. The second kappa shape index (κ2) is 4.24. The molecular weight excluding hydrogens is 132 g/mol. The molecule has 0 saturated carbocycles. The van der Waals surface area contributed by atoms with Crippen molar-refractivity contribution in [2.75, 3.05) is 20.1 Å². The number of carbonyl (C=O) groups is 1. The van der Waals surface area contributed by atoms with E-state index in [1.807, 2.05) is 18.9 Å². The highest BCUT2D eigenvalue weighted by Crippen LogP contribution is 1.84. The third kappa shape index (κ3) is 3.42. The molecule has 0 rings (SSSR count). The molecule has 0 radical (unpaired) electrons. The zero-order chi connectivity index (χ0) is 8.15. The van der Waals surface area contributed by atoms with Crippen LogP contribution in [0.5, 0.6) is 0 Å². The number of hydrogen-bond donors (Lipinski definition) is 2. The third-order valence-electron chi connectivity index (χ3n) is 1.37. The van der Waals surface area contributed by atoms with Crippen molar-refractivity contribution in [3.05, 3.63) is 0 Å². The number of carboxylic acids is 1. The number of carboxylic acid groups (broad SMARTS) is 1. The number of nitrogens with two attached hydrogens (primary N) is 1. The zero-order valence-electron chi connectivity index (χ0n) is 6.37. The Morgan fingerprint density at radius 2 is 2.30 bits per heavy atom. The van der Waals surface area contributed by atoms with Crippen LogP contribution in [-0.4, -0.2) is 42.2 Å². The number of aliphatic carboxylic acids is 1. The molecule has 0 aliphatic heterocycles. The van der Waals surface area contributed by atoms with Crippen LogP contribution >= 0.6 is 0 Å². The lowest BCUT2D eigenvalue weighted by molar-refractivity contribution is -0.138. The number of rotatable bonds is 4. The molecule has 1 atom stereocenters. The SMILES string of the molecule is CCN(C)C[C@H](N)C(=O)O. The molecule has 3 N–H and O–H groups in total. The van der Waals surface area contributed by atoms with E-state index < -0.39 is 12.0 Å². The van der Waals surface area contributed by atoms with Crippen LogP contribution in [0.3, 0.4) is 0 Å². The fraction of sp³-hybridized carbons (Fsp3) is 0.833. The molecule has 60 valence electrons. The average molecular weight is 146 g/mol. The van der Waals surface area contributed by atoms with E-state index >= 15 is 0 Å². The fourth-order valence-electron chi connectivity index (χ4n) is 0.543. The Hall–Kier alpha value is -0.610. The van der Waals surface area contributed by atoms with Gasteiger partial charge in [0, 0.05) is 6.54 Å². The minimum atomic E-state index is -0.944. The van der Waals surface area contributed by atoms with Crippen LogP contribution in [0.25, 0.3) is 0 Å². The van der Waals surface area contributed by atoms with Gasteiger partial charge in [-0.2, -0.15) is 0 Å². The van der Waals surface area contributed by atoms with Gasteiger partial charge in [-0.05, 0) is 13.6 Å². The van der Waals surface area contributed by atoms with E-state index in [0.717, 1.165) is 6.54 Å². The lowest BCUT2D eigenvalue weighted by Gasteiger charge is -2.15. The van der Waals surface area contributed by atoms with Crippen molar-refractivity contribution in [1.82, 2.24) is 4.90 Å². The van der Waals surface area contributed by atoms with Crippen LogP contribution < -0.4 is 5.73 Å². The Morgan fingerprint density at radius 3 is 2.60 bits per heavy atom. The van der Waals surface area contributed by atoms with Crippen LogP contribution in [0.2, 0.25) is 0 Å². The highest BCUT2D eigenvalue weighted by molar-refractivity contribution is 5.73. The Bertz CT molecular complexity index is 116. The molecule has 0 aliphatic rings. The zero-order valence-corrected chi connectivity index (χ0v) is 6.37. The predicted octanol–water partition coefficient (Wildman–Crippen LogP) is -0.650. The van der Waals surface area contributed by atoms with Crippen LogP contribution in [0.1, 0.15) is 6.92 Å².